The lowest BCUT2D eigenvalue weighted by Crippen LogP contribution is -2.41. The van der Waals surface area contributed by atoms with Crippen LogP contribution >= 0.6 is 0 Å². The zero-order valence-electron chi connectivity index (χ0n) is 11.3. The molecule has 1 aliphatic carbocycles. The highest BCUT2D eigenvalue weighted by Crippen LogP contribution is 2.22. The highest BCUT2D eigenvalue weighted by molar-refractivity contribution is 5.94. The van der Waals surface area contributed by atoms with Gasteiger partial charge in [0, 0.05) is 18.2 Å². The molecular weight excluding hydrogens is 243 g/mol. The number of halogens is 1. The van der Waals surface area contributed by atoms with E-state index in [0.717, 1.165) is 12.8 Å². The first-order chi connectivity index (χ1) is 9.08. The maximum atomic E-state index is 13.1. The maximum Gasteiger partial charge on any atom is 0.251 e. The monoisotopic (exact) mass is 264 g/mol. The number of benzene rings is 1. The molecule has 1 aromatic carbocycles. The molecule has 4 heteroatoms. The molecule has 104 valence electrons. The third-order valence-electron chi connectivity index (χ3n) is 3.91. The van der Waals surface area contributed by atoms with Crippen molar-refractivity contribution in [1.29, 1.82) is 0 Å². The van der Waals surface area contributed by atoms with E-state index < -0.39 is 0 Å². The molecule has 1 fully saturated rings. The summed E-state index contributed by atoms with van der Waals surface area (Å²) in [6, 6.07) is 4.60. The number of hydrogen-bond acceptors (Lipinski definition) is 2. The molecule has 0 bridgehead atoms. The topological polar surface area (TPSA) is 55.1 Å². The summed E-state index contributed by atoms with van der Waals surface area (Å²) in [5, 5.41) is 2.90. The number of aryl methyl sites for hydroxylation is 1. The van der Waals surface area contributed by atoms with Crippen LogP contribution in [0.15, 0.2) is 18.2 Å². The summed E-state index contributed by atoms with van der Waals surface area (Å²) in [7, 11) is 0. The van der Waals surface area contributed by atoms with Crippen LogP contribution in [0, 0.1) is 18.7 Å². The lowest BCUT2D eigenvalue weighted by Gasteiger charge is -2.28. The van der Waals surface area contributed by atoms with Gasteiger partial charge in [0.15, 0.2) is 0 Å². The van der Waals surface area contributed by atoms with Crippen LogP contribution in [-0.2, 0) is 0 Å². The molecule has 2 rings (SSSR count). The van der Waals surface area contributed by atoms with Gasteiger partial charge in [0.1, 0.15) is 5.82 Å². The van der Waals surface area contributed by atoms with Crippen molar-refractivity contribution in [3.05, 3.63) is 35.1 Å². The van der Waals surface area contributed by atoms with Gasteiger partial charge in [-0.2, -0.15) is 0 Å². The number of nitrogens with one attached hydrogen (secondary N) is 1. The van der Waals surface area contributed by atoms with Gasteiger partial charge in [-0.1, -0.05) is 12.8 Å². The van der Waals surface area contributed by atoms with E-state index in [4.69, 9.17) is 5.73 Å². The average Bonchev–Trinajstić information content (AvgIpc) is 2.40. The smallest absolute Gasteiger partial charge is 0.251 e. The van der Waals surface area contributed by atoms with Crippen molar-refractivity contribution in [3.63, 3.8) is 0 Å². The molecule has 1 aliphatic rings. The lowest BCUT2D eigenvalue weighted by atomic mass is 9.85. The predicted octanol–water partition coefficient (Wildman–Crippen LogP) is 2.38. The quantitative estimate of drug-likeness (QED) is 0.880. The van der Waals surface area contributed by atoms with E-state index >= 15 is 0 Å². The highest BCUT2D eigenvalue weighted by Gasteiger charge is 2.22. The van der Waals surface area contributed by atoms with Crippen molar-refractivity contribution in [3.8, 4) is 0 Å². The summed E-state index contributed by atoms with van der Waals surface area (Å²) >= 11 is 0. The Morgan fingerprint density at radius 1 is 1.42 bits per heavy atom. The predicted molar refractivity (Wildman–Crippen MR) is 73.4 cm³/mol. The molecule has 2 atom stereocenters. The normalized spacial score (nSPS) is 23.1. The molecule has 1 amide bonds. The number of carbonyl (C=O) groups is 1. The fraction of sp³-hybridized carbons (Fsp3) is 0.533. The van der Waals surface area contributed by atoms with Gasteiger partial charge in [0.25, 0.3) is 5.91 Å². The molecule has 0 spiro atoms. The summed E-state index contributed by atoms with van der Waals surface area (Å²) in [5.41, 5.74) is 7.04. The minimum Gasteiger partial charge on any atom is -0.352 e. The Morgan fingerprint density at radius 2 is 2.16 bits per heavy atom. The van der Waals surface area contributed by atoms with Crippen LogP contribution in [0.4, 0.5) is 4.39 Å². The molecule has 0 heterocycles. The third kappa shape index (κ3) is 3.53. The van der Waals surface area contributed by atoms with E-state index in [0.29, 0.717) is 23.6 Å². The average molecular weight is 264 g/mol. The number of rotatable bonds is 3. The van der Waals surface area contributed by atoms with Gasteiger partial charge in [-0.05, 0) is 49.4 Å². The van der Waals surface area contributed by atoms with Crippen molar-refractivity contribution < 1.29 is 9.18 Å². The Hall–Kier alpha value is -1.42. The van der Waals surface area contributed by atoms with Gasteiger partial charge in [-0.15, -0.1) is 0 Å². The fourth-order valence-electron chi connectivity index (χ4n) is 2.60. The van der Waals surface area contributed by atoms with E-state index in [1.165, 1.54) is 25.0 Å². The van der Waals surface area contributed by atoms with Crippen LogP contribution in [0.1, 0.15) is 41.6 Å². The van der Waals surface area contributed by atoms with Gasteiger partial charge in [-0.25, -0.2) is 4.39 Å². The van der Waals surface area contributed by atoms with Gasteiger partial charge in [0.2, 0.25) is 0 Å². The molecule has 3 nitrogen and oxygen atoms in total. The van der Waals surface area contributed by atoms with Crippen molar-refractivity contribution in [1.82, 2.24) is 5.32 Å². The first-order valence-corrected chi connectivity index (χ1v) is 6.88. The molecule has 0 saturated heterocycles. The molecule has 3 N–H and O–H groups in total. The Kier molecular flexibility index (Phi) is 4.53. The molecule has 1 aromatic rings. The van der Waals surface area contributed by atoms with E-state index in [-0.39, 0.29) is 17.8 Å². The maximum absolute atomic E-state index is 13.1. The first kappa shape index (κ1) is 14.0. The molecule has 1 saturated carbocycles. The minimum atomic E-state index is -0.286. The Balaban J connectivity index is 1.91. The SMILES string of the molecule is Cc1cc(C(=O)NCC2CCCCC2N)ccc1F. The zero-order chi connectivity index (χ0) is 13.8. The number of hydrogen-bond donors (Lipinski definition) is 2. The number of amides is 1. The molecule has 0 aliphatic heterocycles. The van der Waals surface area contributed by atoms with Crippen LogP contribution in [-0.4, -0.2) is 18.5 Å². The van der Waals surface area contributed by atoms with Gasteiger partial charge in [-0.3, -0.25) is 4.79 Å². The van der Waals surface area contributed by atoms with Crippen LogP contribution in [0.3, 0.4) is 0 Å². The van der Waals surface area contributed by atoms with Gasteiger partial charge in [0.05, 0.1) is 0 Å². The van der Waals surface area contributed by atoms with Crippen LogP contribution in [0.2, 0.25) is 0 Å². The molecule has 0 radical (unpaired) electrons. The van der Waals surface area contributed by atoms with Crippen molar-refractivity contribution >= 4 is 5.91 Å². The molecule has 0 aromatic heterocycles. The fourth-order valence-corrected chi connectivity index (χ4v) is 2.60. The molecular formula is C15H21FN2O. The second-order valence-corrected chi connectivity index (χ2v) is 5.38. The molecule has 2 unspecified atom stereocenters. The summed E-state index contributed by atoms with van der Waals surface area (Å²) in [6.07, 6.45) is 4.48. The summed E-state index contributed by atoms with van der Waals surface area (Å²) in [4.78, 5) is 12.0. The van der Waals surface area contributed by atoms with Crippen molar-refractivity contribution in [2.45, 2.75) is 38.6 Å². The van der Waals surface area contributed by atoms with Crippen molar-refractivity contribution in [2.75, 3.05) is 6.54 Å². The van der Waals surface area contributed by atoms with Gasteiger partial charge >= 0.3 is 0 Å². The van der Waals surface area contributed by atoms with E-state index in [2.05, 4.69) is 5.32 Å². The number of nitrogens with two attached hydrogens (primary N) is 1. The summed E-state index contributed by atoms with van der Waals surface area (Å²) < 4.78 is 13.1. The van der Waals surface area contributed by atoms with Crippen LogP contribution in [0.25, 0.3) is 0 Å². The third-order valence-corrected chi connectivity index (χ3v) is 3.91. The highest BCUT2D eigenvalue weighted by atomic mass is 19.1. The molecule has 19 heavy (non-hydrogen) atoms. The van der Waals surface area contributed by atoms with Gasteiger partial charge < -0.3 is 11.1 Å². The van der Waals surface area contributed by atoms with Crippen molar-refractivity contribution in [2.24, 2.45) is 11.7 Å². The first-order valence-electron chi connectivity index (χ1n) is 6.88. The summed E-state index contributed by atoms with van der Waals surface area (Å²) in [5.74, 6) is -0.0778. The zero-order valence-corrected chi connectivity index (χ0v) is 11.3. The number of carbonyl (C=O) groups excluding carboxylic acids is 1. The minimum absolute atomic E-state index is 0.152. The van der Waals surface area contributed by atoms with Crippen LogP contribution in [0.5, 0.6) is 0 Å². The Morgan fingerprint density at radius 3 is 2.84 bits per heavy atom. The standard InChI is InChI=1S/C15H21FN2O/c1-10-8-11(6-7-13(10)16)15(19)18-9-12-4-2-3-5-14(12)17/h6-8,12,14H,2-5,9,17H2,1H3,(H,18,19). The second kappa shape index (κ2) is 6.15. The van der Waals surface area contributed by atoms with Crippen LogP contribution < -0.4 is 11.1 Å². The largest absolute Gasteiger partial charge is 0.352 e. The van der Waals surface area contributed by atoms with E-state index in [9.17, 15) is 9.18 Å². The van der Waals surface area contributed by atoms with E-state index in [1.807, 2.05) is 0 Å². The Labute approximate surface area is 113 Å². The summed E-state index contributed by atoms with van der Waals surface area (Å²) in [6.45, 7) is 2.26. The lowest BCUT2D eigenvalue weighted by molar-refractivity contribution is 0.0941. The second-order valence-electron chi connectivity index (χ2n) is 5.38. The Bertz CT molecular complexity index is 461. The van der Waals surface area contributed by atoms with E-state index in [1.54, 1.807) is 13.0 Å².